The summed E-state index contributed by atoms with van der Waals surface area (Å²) in [6, 6.07) is 0. The van der Waals surface area contributed by atoms with Crippen LogP contribution in [0, 0.1) is 5.92 Å². The Morgan fingerprint density at radius 2 is 1.76 bits per heavy atom. The van der Waals surface area contributed by atoms with E-state index in [1.54, 1.807) is 0 Å². The number of carbonyl (C=O) groups is 1. The fraction of sp³-hybridized carbons (Fsp3) is 0.944. The second-order valence-electron chi connectivity index (χ2n) is 6.58. The van der Waals surface area contributed by atoms with E-state index in [-0.39, 0.29) is 16.8 Å². The number of hydrogen-bond acceptors (Lipinski definition) is 3. The SMILES string of the molecule is CCCCCCCCCC[C@@H]1C[C@@]1(SC)[C@H](C)OC(C)=O. The largest absolute Gasteiger partial charge is 0.461 e. The number of unbranched alkanes of at least 4 members (excludes halogenated alkanes) is 7. The number of esters is 1. The summed E-state index contributed by atoms with van der Waals surface area (Å²) < 4.78 is 5.64. The second kappa shape index (κ2) is 9.76. The molecule has 1 aliphatic carbocycles. The fourth-order valence-electron chi connectivity index (χ4n) is 3.46. The van der Waals surface area contributed by atoms with Crippen LogP contribution in [0.2, 0.25) is 0 Å². The Morgan fingerprint density at radius 3 is 2.29 bits per heavy atom. The van der Waals surface area contributed by atoms with Crippen molar-refractivity contribution in [3.8, 4) is 0 Å². The molecule has 0 aromatic rings. The summed E-state index contributed by atoms with van der Waals surface area (Å²) in [7, 11) is 0. The highest BCUT2D eigenvalue weighted by molar-refractivity contribution is 8.00. The third-order valence-corrected chi connectivity index (χ3v) is 6.51. The van der Waals surface area contributed by atoms with Crippen LogP contribution in [0.5, 0.6) is 0 Å². The molecule has 0 radical (unpaired) electrons. The van der Waals surface area contributed by atoms with Crippen LogP contribution in [-0.4, -0.2) is 23.1 Å². The molecule has 0 aromatic carbocycles. The molecule has 0 spiro atoms. The van der Waals surface area contributed by atoms with Gasteiger partial charge in [-0.2, -0.15) is 11.8 Å². The minimum atomic E-state index is -0.145. The van der Waals surface area contributed by atoms with Gasteiger partial charge in [0, 0.05) is 6.92 Å². The molecule has 0 aliphatic heterocycles. The molecule has 0 saturated heterocycles. The molecule has 0 N–H and O–H groups in total. The van der Waals surface area contributed by atoms with E-state index < -0.39 is 0 Å². The fourth-order valence-corrected chi connectivity index (χ4v) is 4.66. The minimum Gasteiger partial charge on any atom is -0.461 e. The van der Waals surface area contributed by atoms with Crippen LogP contribution in [-0.2, 0) is 9.53 Å². The smallest absolute Gasteiger partial charge is 0.302 e. The lowest BCUT2D eigenvalue weighted by molar-refractivity contribution is -0.145. The minimum absolute atomic E-state index is 0.0593. The summed E-state index contributed by atoms with van der Waals surface area (Å²) in [6.07, 6.45) is 15.8. The van der Waals surface area contributed by atoms with Gasteiger partial charge >= 0.3 is 5.97 Å². The molecule has 0 aromatic heterocycles. The third-order valence-electron chi connectivity index (χ3n) is 4.91. The van der Waals surface area contributed by atoms with Gasteiger partial charge in [-0.3, -0.25) is 4.79 Å². The van der Waals surface area contributed by atoms with Gasteiger partial charge < -0.3 is 4.74 Å². The van der Waals surface area contributed by atoms with Crippen molar-refractivity contribution in [3.05, 3.63) is 0 Å². The lowest BCUT2D eigenvalue weighted by Gasteiger charge is -2.23. The molecule has 3 heteroatoms. The molecule has 1 aliphatic rings. The zero-order valence-electron chi connectivity index (χ0n) is 14.5. The Bertz CT molecular complexity index is 306. The van der Waals surface area contributed by atoms with Crippen molar-refractivity contribution in [2.45, 2.75) is 95.8 Å². The molecular formula is C18H34O2S. The lowest BCUT2D eigenvalue weighted by atomic mass is 10.0. The van der Waals surface area contributed by atoms with Crippen molar-refractivity contribution in [3.63, 3.8) is 0 Å². The van der Waals surface area contributed by atoms with E-state index in [9.17, 15) is 4.79 Å². The summed E-state index contributed by atoms with van der Waals surface area (Å²) in [4.78, 5) is 11.1. The third kappa shape index (κ3) is 6.22. The first kappa shape index (κ1) is 18.9. The summed E-state index contributed by atoms with van der Waals surface area (Å²) in [6.45, 7) is 5.84. The van der Waals surface area contributed by atoms with E-state index in [2.05, 4.69) is 20.1 Å². The lowest BCUT2D eigenvalue weighted by Crippen LogP contribution is -2.28. The van der Waals surface area contributed by atoms with Crippen LogP contribution in [0.3, 0.4) is 0 Å². The van der Waals surface area contributed by atoms with E-state index in [1.807, 2.05) is 11.8 Å². The van der Waals surface area contributed by atoms with Gasteiger partial charge in [0.05, 0.1) is 4.75 Å². The highest BCUT2D eigenvalue weighted by atomic mass is 32.2. The van der Waals surface area contributed by atoms with Gasteiger partial charge in [0.2, 0.25) is 0 Å². The van der Waals surface area contributed by atoms with Gasteiger partial charge in [-0.1, -0.05) is 58.3 Å². The molecule has 0 amide bonds. The van der Waals surface area contributed by atoms with Gasteiger partial charge in [-0.05, 0) is 31.9 Å². The van der Waals surface area contributed by atoms with Crippen LogP contribution in [0.15, 0.2) is 0 Å². The molecule has 0 heterocycles. The first-order valence-electron chi connectivity index (χ1n) is 8.79. The second-order valence-corrected chi connectivity index (χ2v) is 7.74. The maximum atomic E-state index is 11.1. The van der Waals surface area contributed by atoms with Crippen LogP contribution >= 0.6 is 11.8 Å². The molecular weight excluding hydrogens is 280 g/mol. The topological polar surface area (TPSA) is 26.3 Å². The van der Waals surface area contributed by atoms with Gasteiger partial charge in [-0.15, -0.1) is 0 Å². The van der Waals surface area contributed by atoms with Crippen LogP contribution in [0.25, 0.3) is 0 Å². The van der Waals surface area contributed by atoms with Gasteiger partial charge in [-0.25, -0.2) is 0 Å². The summed E-state index contributed by atoms with van der Waals surface area (Å²) in [5.74, 6) is 0.607. The monoisotopic (exact) mass is 314 g/mol. The average Bonchev–Trinajstić information content (AvgIpc) is 3.16. The zero-order chi connectivity index (χ0) is 15.7. The van der Waals surface area contributed by atoms with Crippen molar-refractivity contribution in [2.75, 3.05) is 6.26 Å². The van der Waals surface area contributed by atoms with E-state index in [0.717, 1.165) is 5.92 Å². The Morgan fingerprint density at radius 1 is 1.19 bits per heavy atom. The molecule has 1 rings (SSSR count). The normalized spacial score (nSPS) is 25.6. The number of thioether (sulfide) groups is 1. The quantitative estimate of drug-likeness (QED) is 0.347. The highest BCUT2D eigenvalue weighted by Crippen LogP contribution is 2.58. The molecule has 0 bridgehead atoms. The first-order valence-corrected chi connectivity index (χ1v) is 10.0. The standard InChI is InChI=1S/C18H34O2S/c1-5-6-7-8-9-10-11-12-13-17-14-18(17,21-4)15(2)20-16(3)19/h15,17H,5-14H2,1-4H3/t15-,17+,18+/m0/s1. The van der Waals surface area contributed by atoms with Crippen molar-refractivity contribution < 1.29 is 9.53 Å². The summed E-state index contributed by atoms with van der Waals surface area (Å²) in [5.41, 5.74) is 0. The Balaban J connectivity index is 2.10. The van der Waals surface area contributed by atoms with E-state index >= 15 is 0 Å². The molecule has 2 nitrogen and oxygen atoms in total. The molecule has 1 saturated carbocycles. The number of hydrogen-bond donors (Lipinski definition) is 0. The Hall–Kier alpha value is -0.180. The summed E-state index contributed by atoms with van der Waals surface area (Å²) in [5, 5.41) is 0. The van der Waals surface area contributed by atoms with Crippen molar-refractivity contribution >= 4 is 17.7 Å². The zero-order valence-corrected chi connectivity index (χ0v) is 15.3. The maximum Gasteiger partial charge on any atom is 0.302 e. The molecule has 0 unspecified atom stereocenters. The van der Waals surface area contributed by atoms with E-state index in [4.69, 9.17) is 4.74 Å². The van der Waals surface area contributed by atoms with Crippen molar-refractivity contribution in [1.29, 1.82) is 0 Å². The highest BCUT2D eigenvalue weighted by Gasteiger charge is 2.58. The van der Waals surface area contributed by atoms with Crippen molar-refractivity contribution in [1.82, 2.24) is 0 Å². The predicted molar refractivity (Wildman–Crippen MR) is 92.8 cm³/mol. The van der Waals surface area contributed by atoms with Crippen LogP contribution in [0.4, 0.5) is 0 Å². The number of carbonyl (C=O) groups excluding carboxylic acids is 1. The average molecular weight is 315 g/mol. The molecule has 21 heavy (non-hydrogen) atoms. The molecule has 3 atom stereocenters. The molecule has 124 valence electrons. The Labute approximate surface area is 135 Å². The van der Waals surface area contributed by atoms with Gasteiger partial charge in [0.1, 0.15) is 6.10 Å². The number of ether oxygens (including phenoxy) is 1. The predicted octanol–water partition coefficient (Wildman–Crippen LogP) is 5.59. The van der Waals surface area contributed by atoms with Crippen LogP contribution in [0.1, 0.15) is 85.0 Å². The van der Waals surface area contributed by atoms with Crippen LogP contribution < -0.4 is 0 Å². The molecule has 1 fully saturated rings. The van der Waals surface area contributed by atoms with E-state index in [0.29, 0.717) is 0 Å². The first-order chi connectivity index (χ1) is 10.1. The Kier molecular flexibility index (Phi) is 8.77. The number of rotatable bonds is 12. The van der Waals surface area contributed by atoms with Crippen molar-refractivity contribution in [2.24, 2.45) is 5.92 Å². The van der Waals surface area contributed by atoms with Gasteiger partial charge in [0.25, 0.3) is 0 Å². The van der Waals surface area contributed by atoms with Gasteiger partial charge in [0.15, 0.2) is 0 Å². The summed E-state index contributed by atoms with van der Waals surface area (Å²) >= 11 is 1.90. The maximum absolute atomic E-state index is 11.1. The van der Waals surface area contributed by atoms with E-state index in [1.165, 1.54) is 71.1 Å².